The number of phenols is 1. The Balaban J connectivity index is 2.68. The van der Waals surface area contributed by atoms with Crippen LogP contribution in [0, 0.1) is 0 Å². The van der Waals surface area contributed by atoms with Crippen LogP contribution in [0.1, 0.15) is 18.4 Å². The third kappa shape index (κ3) is 7.48. The number of hydrazine groups is 1. The van der Waals surface area contributed by atoms with Gasteiger partial charge in [-0.25, -0.2) is 5.01 Å². The van der Waals surface area contributed by atoms with Crippen molar-refractivity contribution in [1.82, 2.24) is 15.6 Å². The average molecular weight is 352 g/mol. The van der Waals surface area contributed by atoms with Crippen LogP contribution in [0.25, 0.3) is 0 Å². The lowest BCUT2D eigenvalue weighted by Crippen LogP contribution is -2.54. The number of rotatable bonds is 11. The number of aromatic hydroxyl groups is 1. The van der Waals surface area contributed by atoms with Crippen LogP contribution in [0.2, 0.25) is 0 Å². The summed E-state index contributed by atoms with van der Waals surface area (Å²) in [6, 6.07) is 4.92. The largest absolute Gasteiger partial charge is 0.508 e. The zero-order valence-electron chi connectivity index (χ0n) is 14.4. The predicted molar refractivity (Wildman–Crippen MR) is 95.0 cm³/mol. The third-order valence-corrected chi connectivity index (χ3v) is 3.81. The van der Waals surface area contributed by atoms with Crippen LogP contribution in [-0.2, 0) is 16.0 Å². The lowest BCUT2D eigenvalue weighted by molar-refractivity contribution is -0.130. The van der Waals surface area contributed by atoms with E-state index in [9.17, 15) is 14.7 Å². The topological polar surface area (TPSA) is 160 Å². The zero-order chi connectivity index (χ0) is 18.8. The molecule has 25 heavy (non-hydrogen) atoms. The number of nitrogens with two attached hydrogens (primary N) is 3. The molecule has 0 saturated heterocycles. The number of benzene rings is 1. The Kier molecular flexibility index (Phi) is 8.86. The summed E-state index contributed by atoms with van der Waals surface area (Å²) < 4.78 is 0. The SMILES string of the molecule is CN(N)C(CCCNCN)C(=O)NC(Cc1ccc(O)cc1)C(N)=O. The van der Waals surface area contributed by atoms with Crippen LogP contribution in [0.5, 0.6) is 5.75 Å². The van der Waals surface area contributed by atoms with Gasteiger partial charge in [0.15, 0.2) is 0 Å². The Hall–Kier alpha value is -2.20. The van der Waals surface area contributed by atoms with Crippen LogP contribution >= 0.6 is 0 Å². The van der Waals surface area contributed by atoms with Crippen LogP contribution in [0.3, 0.4) is 0 Å². The standard InChI is InChI=1S/C16H28N6O3/c1-22(19)14(3-2-8-20-10-17)16(25)21-13(15(18)24)9-11-4-6-12(23)7-5-11/h4-7,13-14,20,23H,2-3,8-10,17,19H2,1H3,(H2,18,24)(H,21,25). The summed E-state index contributed by atoms with van der Waals surface area (Å²) in [6.45, 7) is 1.03. The van der Waals surface area contributed by atoms with Crippen molar-refractivity contribution in [1.29, 1.82) is 0 Å². The molecule has 1 aromatic rings. The lowest BCUT2D eigenvalue weighted by atomic mass is 10.0. The molecule has 2 unspecified atom stereocenters. The lowest BCUT2D eigenvalue weighted by Gasteiger charge is -2.25. The average Bonchev–Trinajstić information content (AvgIpc) is 2.55. The molecule has 0 heterocycles. The second kappa shape index (κ2) is 10.6. The normalized spacial score (nSPS) is 13.4. The first kappa shape index (κ1) is 20.8. The molecule has 9 N–H and O–H groups in total. The maximum absolute atomic E-state index is 12.5. The first-order valence-corrected chi connectivity index (χ1v) is 8.11. The fourth-order valence-electron chi connectivity index (χ4n) is 2.40. The Morgan fingerprint density at radius 2 is 1.92 bits per heavy atom. The van der Waals surface area contributed by atoms with E-state index in [2.05, 4.69) is 10.6 Å². The van der Waals surface area contributed by atoms with Gasteiger partial charge >= 0.3 is 0 Å². The van der Waals surface area contributed by atoms with Crippen molar-refractivity contribution in [3.8, 4) is 5.75 Å². The summed E-state index contributed by atoms with van der Waals surface area (Å²) in [7, 11) is 1.60. The Morgan fingerprint density at radius 3 is 2.44 bits per heavy atom. The molecule has 0 fully saturated rings. The van der Waals surface area contributed by atoms with Crippen molar-refractivity contribution in [2.75, 3.05) is 20.3 Å². The van der Waals surface area contributed by atoms with Crippen molar-refractivity contribution in [2.24, 2.45) is 17.3 Å². The molecule has 0 aliphatic carbocycles. The summed E-state index contributed by atoms with van der Waals surface area (Å²) in [5, 5.41) is 16.3. The van der Waals surface area contributed by atoms with Gasteiger partial charge in [0.05, 0.1) is 0 Å². The molecule has 0 saturated carbocycles. The molecule has 9 heteroatoms. The molecule has 2 atom stereocenters. The van der Waals surface area contributed by atoms with Crippen LogP contribution < -0.4 is 27.9 Å². The molecule has 0 aliphatic rings. The third-order valence-electron chi connectivity index (χ3n) is 3.81. The molecule has 0 radical (unpaired) electrons. The van der Waals surface area contributed by atoms with Gasteiger partial charge in [-0.15, -0.1) is 0 Å². The van der Waals surface area contributed by atoms with E-state index >= 15 is 0 Å². The molecule has 2 amide bonds. The monoisotopic (exact) mass is 352 g/mol. The minimum absolute atomic E-state index is 0.124. The van der Waals surface area contributed by atoms with Gasteiger partial charge < -0.3 is 27.2 Å². The van der Waals surface area contributed by atoms with Crippen molar-refractivity contribution in [3.05, 3.63) is 29.8 Å². The molecule has 0 aliphatic heterocycles. The van der Waals surface area contributed by atoms with Crippen LogP contribution in [0.4, 0.5) is 0 Å². The van der Waals surface area contributed by atoms with Crippen LogP contribution in [0.15, 0.2) is 24.3 Å². The minimum Gasteiger partial charge on any atom is -0.508 e. The van der Waals surface area contributed by atoms with Gasteiger partial charge in [-0.1, -0.05) is 12.1 Å². The fraction of sp³-hybridized carbons (Fsp3) is 0.500. The highest BCUT2D eigenvalue weighted by atomic mass is 16.3. The van der Waals surface area contributed by atoms with E-state index < -0.39 is 18.0 Å². The summed E-state index contributed by atoms with van der Waals surface area (Å²) in [4.78, 5) is 24.2. The number of carbonyl (C=O) groups excluding carboxylic acids is 2. The second-order valence-corrected chi connectivity index (χ2v) is 5.86. The zero-order valence-corrected chi connectivity index (χ0v) is 14.4. The number of nitrogens with one attached hydrogen (secondary N) is 2. The van der Waals surface area contributed by atoms with Crippen molar-refractivity contribution in [3.63, 3.8) is 0 Å². The van der Waals surface area contributed by atoms with Gasteiger partial charge in [0.25, 0.3) is 0 Å². The number of nitrogens with zero attached hydrogens (tertiary/aromatic N) is 1. The molecular weight excluding hydrogens is 324 g/mol. The number of hydrogen-bond acceptors (Lipinski definition) is 7. The van der Waals surface area contributed by atoms with Crippen molar-refractivity contribution >= 4 is 11.8 Å². The number of carbonyl (C=O) groups is 2. The molecule has 9 nitrogen and oxygen atoms in total. The molecule has 1 aromatic carbocycles. The summed E-state index contributed by atoms with van der Waals surface area (Å²) in [5.74, 6) is 4.89. The predicted octanol–water partition coefficient (Wildman–Crippen LogP) is -1.64. The quantitative estimate of drug-likeness (QED) is 0.121. The van der Waals surface area contributed by atoms with Gasteiger partial charge in [-0.2, -0.15) is 0 Å². The van der Waals surface area contributed by atoms with E-state index in [1.807, 2.05) is 0 Å². The van der Waals surface area contributed by atoms with Crippen molar-refractivity contribution < 1.29 is 14.7 Å². The molecule has 0 spiro atoms. The maximum Gasteiger partial charge on any atom is 0.240 e. The van der Waals surface area contributed by atoms with E-state index in [-0.39, 0.29) is 18.1 Å². The van der Waals surface area contributed by atoms with Crippen LogP contribution in [-0.4, -0.2) is 54.3 Å². The van der Waals surface area contributed by atoms with E-state index in [1.165, 1.54) is 17.1 Å². The number of likely N-dealkylation sites (N-methyl/N-ethyl adjacent to an activating group) is 1. The number of primary amides is 1. The minimum atomic E-state index is -0.860. The van der Waals surface area contributed by atoms with Crippen molar-refractivity contribution in [2.45, 2.75) is 31.3 Å². The van der Waals surface area contributed by atoms with Gasteiger partial charge in [0.1, 0.15) is 17.8 Å². The summed E-state index contributed by atoms with van der Waals surface area (Å²) >= 11 is 0. The van der Waals surface area contributed by atoms with E-state index in [0.29, 0.717) is 26.1 Å². The Morgan fingerprint density at radius 1 is 1.28 bits per heavy atom. The molecule has 0 bridgehead atoms. The first-order chi connectivity index (χ1) is 11.8. The number of hydrogen-bond donors (Lipinski definition) is 6. The highest BCUT2D eigenvalue weighted by Gasteiger charge is 2.26. The van der Waals surface area contributed by atoms with E-state index in [0.717, 1.165) is 5.56 Å². The smallest absolute Gasteiger partial charge is 0.240 e. The highest BCUT2D eigenvalue weighted by Crippen LogP contribution is 2.12. The molecule has 0 aromatic heterocycles. The number of amides is 2. The second-order valence-electron chi connectivity index (χ2n) is 5.86. The Bertz CT molecular complexity index is 549. The van der Waals surface area contributed by atoms with Gasteiger partial charge in [-0.3, -0.25) is 15.4 Å². The molecule has 140 valence electrons. The van der Waals surface area contributed by atoms with Gasteiger partial charge in [0, 0.05) is 20.1 Å². The van der Waals surface area contributed by atoms with E-state index in [4.69, 9.17) is 17.3 Å². The maximum atomic E-state index is 12.5. The summed E-state index contributed by atoms with van der Waals surface area (Å²) in [5.41, 5.74) is 11.5. The van der Waals surface area contributed by atoms with Gasteiger partial charge in [0.2, 0.25) is 11.8 Å². The van der Waals surface area contributed by atoms with Gasteiger partial charge in [-0.05, 0) is 37.1 Å². The highest BCUT2D eigenvalue weighted by molar-refractivity contribution is 5.89. The fourth-order valence-corrected chi connectivity index (χ4v) is 2.40. The first-order valence-electron chi connectivity index (χ1n) is 8.11. The summed E-state index contributed by atoms with van der Waals surface area (Å²) in [6.07, 6.45) is 1.45. The van der Waals surface area contributed by atoms with E-state index in [1.54, 1.807) is 19.2 Å². The Labute approximate surface area is 147 Å². The molecule has 1 rings (SSSR count). The molecular formula is C16H28N6O3. The number of phenolic OH excluding ortho intramolecular Hbond substituents is 1.